The van der Waals surface area contributed by atoms with Gasteiger partial charge in [-0.1, -0.05) is 18.1 Å². The van der Waals surface area contributed by atoms with E-state index >= 15 is 0 Å². The van der Waals surface area contributed by atoms with E-state index in [9.17, 15) is 14.4 Å². The second kappa shape index (κ2) is 3.62. The molecule has 0 aromatic carbocycles. The van der Waals surface area contributed by atoms with Crippen LogP contribution in [0.1, 0.15) is 40.5 Å². The number of hydrogen-bond donors (Lipinski definition) is 0. The Morgan fingerprint density at radius 1 is 1.24 bits per heavy atom. The second-order valence-electron chi connectivity index (χ2n) is 5.72. The van der Waals surface area contributed by atoms with Crippen LogP contribution in [0.3, 0.4) is 0 Å². The molecule has 0 aromatic rings. The summed E-state index contributed by atoms with van der Waals surface area (Å²) in [5.41, 5.74) is 1.74. The number of rotatable bonds is 1. The van der Waals surface area contributed by atoms with Crippen molar-refractivity contribution in [2.75, 3.05) is 0 Å². The lowest BCUT2D eigenvalue weighted by molar-refractivity contribution is -0.136. The smallest absolute Gasteiger partial charge is 0.157 e. The summed E-state index contributed by atoms with van der Waals surface area (Å²) < 4.78 is 0. The van der Waals surface area contributed by atoms with Crippen LogP contribution in [-0.2, 0) is 14.4 Å². The van der Waals surface area contributed by atoms with Crippen molar-refractivity contribution in [3.8, 4) is 0 Å². The van der Waals surface area contributed by atoms with Gasteiger partial charge in [0.1, 0.15) is 11.7 Å². The first-order valence-electron chi connectivity index (χ1n) is 6.02. The van der Waals surface area contributed by atoms with Gasteiger partial charge in [-0.3, -0.25) is 14.4 Å². The SMILES string of the molecule is CC(=O)C1C(=O)C2CC(C)=C(C)CC2(C)C1=O. The van der Waals surface area contributed by atoms with Gasteiger partial charge in [-0.2, -0.15) is 0 Å². The molecule has 17 heavy (non-hydrogen) atoms. The maximum atomic E-state index is 12.3. The molecule has 2 aliphatic rings. The summed E-state index contributed by atoms with van der Waals surface area (Å²) in [6.07, 6.45) is 1.26. The molecular weight excluding hydrogens is 216 g/mol. The van der Waals surface area contributed by atoms with Crippen molar-refractivity contribution in [3.05, 3.63) is 11.1 Å². The molecule has 0 saturated heterocycles. The van der Waals surface area contributed by atoms with Crippen LogP contribution in [0, 0.1) is 17.3 Å². The zero-order valence-corrected chi connectivity index (χ0v) is 10.8. The lowest BCUT2D eigenvalue weighted by Crippen LogP contribution is -2.34. The van der Waals surface area contributed by atoms with E-state index in [1.54, 1.807) is 0 Å². The predicted octanol–water partition coefficient (Wildman–Crippen LogP) is 2.10. The van der Waals surface area contributed by atoms with Gasteiger partial charge in [-0.05, 0) is 33.6 Å². The highest BCUT2D eigenvalue weighted by molar-refractivity contribution is 6.26. The summed E-state index contributed by atoms with van der Waals surface area (Å²) in [5, 5.41) is 0. The predicted molar refractivity (Wildman–Crippen MR) is 63.4 cm³/mol. The highest BCUT2D eigenvalue weighted by atomic mass is 16.2. The van der Waals surface area contributed by atoms with Crippen LogP contribution in [0.5, 0.6) is 0 Å². The molecule has 0 aromatic heterocycles. The van der Waals surface area contributed by atoms with Crippen molar-refractivity contribution in [1.29, 1.82) is 0 Å². The van der Waals surface area contributed by atoms with Crippen LogP contribution >= 0.6 is 0 Å². The Labute approximate surface area is 101 Å². The van der Waals surface area contributed by atoms with Gasteiger partial charge in [0, 0.05) is 11.3 Å². The molecule has 0 aliphatic heterocycles. The Hall–Kier alpha value is -1.25. The van der Waals surface area contributed by atoms with Gasteiger partial charge < -0.3 is 0 Å². The minimum absolute atomic E-state index is 0.156. The third-order valence-corrected chi connectivity index (χ3v) is 4.50. The summed E-state index contributed by atoms with van der Waals surface area (Å²) in [5.74, 6) is -1.90. The molecule has 0 N–H and O–H groups in total. The van der Waals surface area contributed by atoms with Crippen LogP contribution in [0.4, 0.5) is 0 Å². The van der Waals surface area contributed by atoms with E-state index in [4.69, 9.17) is 0 Å². The third-order valence-electron chi connectivity index (χ3n) is 4.50. The standard InChI is InChI=1S/C14H18O3/c1-7-5-10-12(16)11(9(3)15)13(17)14(10,4)6-8(7)2/h10-11H,5-6H2,1-4H3. The van der Waals surface area contributed by atoms with E-state index in [0.29, 0.717) is 12.8 Å². The van der Waals surface area contributed by atoms with E-state index in [1.165, 1.54) is 18.1 Å². The molecule has 0 radical (unpaired) electrons. The molecule has 3 heteroatoms. The number of allylic oxidation sites excluding steroid dienone is 2. The van der Waals surface area contributed by atoms with Crippen molar-refractivity contribution in [2.45, 2.75) is 40.5 Å². The number of hydrogen-bond acceptors (Lipinski definition) is 3. The third kappa shape index (κ3) is 1.52. The Bertz CT molecular complexity index is 458. The zero-order chi connectivity index (χ0) is 13.0. The Balaban J connectivity index is 2.47. The lowest BCUT2D eigenvalue weighted by atomic mass is 9.67. The molecule has 3 nitrogen and oxygen atoms in total. The fourth-order valence-corrected chi connectivity index (χ4v) is 3.25. The summed E-state index contributed by atoms with van der Waals surface area (Å²) in [6, 6.07) is 0. The molecule has 1 saturated carbocycles. The van der Waals surface area contributed by atoms with Crippen molar-refractivity contribution in [3.63, 3.8) is 0 Å². The molecule has 0 amide bonds. The maximum absolute atomic E-state index is 12.3. The minimum atomic E-state index is -0.997. The van der Waals surface area contributed by atoms with Gasteiger partial charge in [0.25, 0.3) is 0 Å². The van der Waals surface area contributed by atoms with Crippen LogP contribution < -0.4 is 0 Å². The number of Topliss-reactive ketones (excluding diaryl/α,β-unsaturated/α-hetero) is 3. The molecule has 2 rings (SSSR count). The minimum Gasteiger partial charge on any atom is -0.299 e. The van der Waals surface area contributed by atoms with Gasteiger partial charge in [0.15, 0.2) is 11.6 Å². The first-order chi connectivity index (χ1) is 7.79. The fourth-order valence-electron chi connectivity index (χ4n) is 3.25. The van der Waals surface area contributed by atoms with Crippen LogP contribution in [0.2, 0.25) is 0 Å². The highest BCUT2D eigenvalue weighted by Crippen LogP contribution is 2.51. The molecule has 3 atom stereocenters. The average molecular weight is 234 g/mol. The molecule has 0 spiro atoms. The largest absolute Gasteiger partial charge is 0.299 e. The van der Waals surface area contributed by atoms with Crippen molar-refractivity contribution >= 4 is 17.3 Å². The zero-order valence-electron chi connectivity index (χ0n) is 10.8. The number of carbonyl (C=O) groups excluding carboxylic acids is 3. The molecule has 2 aliphatic carbocycles. The summed E-state index contributed by atoms with van der Waals surface area (Å²) in [6.45, 7) is 7.20. The number of carbonyl (C=O) groups is 3. The van der Waals surface area contributed by atoms with E-state index in [0.717, 1.165) is 0 Å². The Kier molecular flexibility index (Phi) is 2.60. The van der Waals surface area contributed by atoms with Gasteiger partial charge in [-0.25, -0.2) is 0 Å². The van der Waals surface area contributed by atoms with E-state index in [1.807, 2.05) is 20.8 Å². The normalized spacial score (nSPS) is 37.4. The topological polar surface area (TPSA) is 51.2 Å². The Morgan fingerprint density at radius 3 is 2.35 bits per heavy atom. The number of ketones is 3. The first kappa shape index (κ1) is 12.2. The van der Waals surface area contributed by atoms with Gasteiger partial charge in [0.05, 0.1) is 0 Å². The maximum Gasteiger partial charge on any atom is 0.157 e. The molecule has 0 heterocycles. The average Bonchev–Trinajstić information content (AvgIpc) is 2.39. The van der Waals surface area contributed by atoms with Crippen LogP contribution in [0.25, 0.3) is 0 Å². The second-order valence-corrected chi connectivity index (χ2v) is 5.72. The van der Waals surface area contributed by atoms with E-state index in [2.05, 4.69) is 0 Å². The molecule has 3 unspecified atom stereocenters. The van der Waals surface area contributed by atoms with Crippen LogP contribution in [0.15, 0.2) is 11.1 Å². The van der Waals surface area contributed by atoms with Gasteiger partial charge in [0.2, 0.25) is 0 Å². The summed E-state index contributed by atoms with van der Waals surface area (Å²) in [4.78, 5) is 35.9. The van der Waals surface area contributed by atoms with Crippen molar-refractivity contribution in [2.24, 2.45) is 17.3 Å². The number of fused-ring (bicyclic) bond motifs is 1. The highest BCUT2D eigenvalue weighted by Gasteiger charge is 2.59. The molecule has 92 valence electrons. The van der Waals surface area contributed by atoms with Crippen LogP contribution in [-0.4, -0.2) is 17.3 Å². The Morgan fingerprint density at radius 2 is 1.82 bits per heavy atom. The van der Waals surface area contributed by atoms with Gasteiger partial charge in [-0.15, -0.1) is 0 Å². The molecular formula is C14H18O3. The molecule has 0 bridgehead atoms. The lowest BCUT2D eigenvalue weighted by Gasteiger charge is -2.34. The summed E-state index contributed by atoms with van der Waals surface area (Å²) >= 11 is 0. The van der Waals surface area contributed by atoms with Crippen molar-refractivity contribution in [1.82, 2.24) is 0 Å². The van der Waals surface area contributed by atoms with Gasteiger partial charge >= 0.3 is 0 Å². The van der Waals surface area contributed by atoms with Crippen molar-refractivity contribution < 1.29 is 14.4 Å². The first-order valence-corrected chi connectivity index (χ1v) is 6.02. The quantitative estimate of drug-likeness (QED) is 0.515. The molecule has 1 fully saturated rings. The monoisotopic (exact) mass is 234 g/mol. The summed E-state index contributed by atoms with van der Waals surface area (Å²) in [7, 11) is 0. The fraction of sp³-hybridized carbons (Fsp3) is 0.643. The van der Waals surface area contributed by atoms with E-state index < -0.39 is 11.3 Å². The van der Waals surface area contributed by atoms with E-state index in [-0.39, 0.29) is 23.3 Å².